The SMILES string of the molecule is CC(C)(C)C(=O)Nc1cccc(NC(=O)c2ccccc2-c2ccccc2)c1. The fourth-order valence-corrected chi connectivity index (χ4v) is 2.74. The summed E-state index contributed by atoms with van der Waals surface area (Å²) in [5.41, 5.74) is 3.23. The van der Waals surface area contributed by atoms with Gasteiger partial charge in [-0.2, -0.15) is 0 Å². The number of nitrogens with one attached hydrogen (secondary N) is 2. The van der Waals surface area contributed by atoms with Gasteiger partial charge in [-0.3, -0.25) is 9.59 Å². The van der Waals surface area contributed by atoms with E-state index in [1.54, 1.807) is 24.3 Å². The van der Waals surface area contributed by atoms with E-state index in [1.807, 2.05) is 75.4 Å². The van der Waals surface area contributed by atoms with E-state index in [-0.39, 0.29) is 11.8 Å². The number of anilines is 2. The second kappa shape index (κ2) is 8.09. The number of benzene rings is 3. The van der Waals surface area contributed by atoms with E-state index >= 15 is 0 Å². The van der Waals surface area contributed by atoms with E-state index < -0.39 is 5.41 Å². The van der Waals surface area contributed by atoms with Crippen LogP contribution < -0.4 is 10.6 Å². The van der Waals surface area contributed by atoms with Crippen molar-refractivity contribution in [3.8, 4) is 11.1 Å². The first-order chi connectivity index (χ1) is 13.3. The molecule has 3 aromatic rings. The van der Waals surface area contributed by atoms with Crippen molar-refractivity contribution in [2.75, 3.05) is 10.6 Å². The molecule has 0 aliphatic carbocycles. The highest BCUT2D eigenvalue weighted by Gasteiger charge is 2.21. The summed E-state index contributed by atoms with van der Waals surface area (Å²) in [5.74, 6) is -0.274. The smallest absolute Gasteiger partial charge is 0.256 e. The Labute approximate surface area is 165 Å². The Morgan fingerprint density at radius 3 is 2.00 bits per heavy atom. The first-order valence-corrected chi connectivity index (χ1v) is 9.22. The number of hydrogen-bond donors (Lipinski definition) is 2. The average Bonchev–Trinajstić information content (AvgIpc) is 2.68. The predicted octanol–water partition coefficient (Wildman–Crippen LogP) is 5.59. The largest absolute Gasteiger partial charge is 0.326 e. The van der Waals surface area contributed by atoms with Gasteiger partial charge in [0.1, 0.15) is 0 Å². The molecule has 2 amide bonds. The first kappa shape index (κ1) is 19.4. The van der Waals surface area contributed by atoms with Crippen molar-refractivity contribution in [3.05, 3.63) is 84.4 Å². The molecule has 0 atom stereocenters. The molecule has 0 unspecified atom stereocenters. The molecular weight excluding hydrogens is 348 g/mol. The molecule has 0 saturated carbocycles. The molecule has 3 rings (SSSR count). The Kier molecular flexibility index (Phi) is 5.59. The highest BCUT2D eigenvalue weighted by atomic mass is 16.2. The standard InChI is InChI=1S/C24H24N2O2/c1-24(2,3)23(28)26-19-13-9-12-18(16-19)25-22(27)21-15-8-7-14-20(21)17-10-5-4-6-11-17/h4-16H,1-3H3,(H,25,27)(H,26,28). The lowest BCUT2D eigenvalue weighted by Crippen LogP contribution is -2.27. The summed E-state index contributed by atoms with van der Waals surface area (Å²) in [6, 6.07) is 24.5. The van der Waals surface area contributed by atoms with E-state index in [9.17, 15) is 9.59 Å². The number of carbonyl (C=O) groups excluding carboxylic acids is 2. The Hall–Kier alpha value is -3.40. The summed E-state index contributed by atoms with van der Waals surface area (Å²) in [7, 11) is 0. The van der Waals surface area contributed by atoms with Crippen molar-refractivity contribution in [1.82, 2.24) is 0 Å². The molecular formula is C24H24N2O2. The lowest BCUT2D eigenvalue weighted by atomic mass is 9.95. The summed E-state index contributed by atoms with van der Waals surface area (Å²) in [5, 5.41) is 5.81. The maximum atomic E-state index is 12.9. The van der Waals surface area contributed by atoms with Crippen molar-refractivity contribution >= 4 is 23.2 Å². The van der Waals surface area contributed by atoms with Crippen molar-refractivity contribution in [2.45, 2.75) is 20.8 Å². The third-order valence-corrected chi connectivity index (χ3v) is 4.32. The molecule has 28 heavy (non-hydrogen) atoms. The van der Waals surface area contributed by atoms with Crippen molar-refractivity contribution < 1.29 is 9.59 Å². The van der Waals surface area contributed by atoms with Crippen LogP contribution in [0.25, 0.3) is 11.1 Å². The van der Waals surface area contributed by atoms with Gasteiger partial charge < -0.3 is 10.6 Å². The van der Waals surface area contributed by atoms with Crippen molar-refractivity contribution in [1.29, 1.82) is 0 Å². The van der Waals surface area contributed by atoms with Crippen LogP contribution in [0, 0.1) is 5.41 Å². The fraction of sp³-hybridized carbons (Fsp3) is 0.167. The molecule has 0 aromatic heterocycles. The number of rotatable bonds is 4. The Balaban J connectivity index is 1.81. The average molecular weight is 372 g/mol. The number of amides is 2. The Morgan fingerprint density at radius 1 is 0.714 bits per heavy atom. The molecule has 3 aromatic carbocycles. The maximum absolute atomic E-state index is 12.9. The van der Waals surface area contributed by atoms with Crippen LogP contribution in [0.4, 0.5) is 11.4 Å². The molecule has 0 spiro atoms. The van der Waals surface area contributed by atoms with Crippen LogP contribution in [0.2, 0.25) is 0 Å². The Morgan fingerprint density at radius 2 is 1.32 bits per heavy atom. The summed E-state index contributed by atoms with van der Waals surface area (Å²) in [4.78, 5) is 25.1. The van der Waals surface area contributed by atoms with E-state index in [4.69, 9.17) is 0 Å². The van der Waals surface area contributed by atoms with Gasteiger partial charge in [-0.15, -0.1) is 0 Å². The first-order valence-electron chi connectivity index (χ1n) is 9.22. The lowest BCUT2D eigenvalue weighted by molar-refractivity contribution is -0.123. The molecule has 4 nitrogen and oxygen atoms in total. The minimum absolute atomic E-state index is 0.0783. The minimum Gasteiger partial charge on any atom is -0.326 e. The lowest BCUT2D eigenvalue weighted by Gasteiger charge is -2.18. The van der Waals surface area contributed by atoms with Crippen LogP contribution in [0.1, 0.15) is 31.1 Å². The zero-order chi connectivity index (χ0) is 20.1. The molecule has 0 aliphatic rings. The molecule has 142 valence electrons. The van der Waals surface area contributed by atoms with Crippen molar-refractivity contribution in [2.24, 2.45) is 5.41 Å². The second-order valence-corrected chi connectivity index (χ2v) is 7.65. The van der Waals surface area contributed by atoms with Gasteiger partial charge in [0.05, 0.1) is 0 Å². The molecule has 4 heteroatoms. The zero-order valence-corrected chi connectivity index (χ0v) is 16.3. The third kappa shape index (κ3) is 4.65. The van der Waals surface area contributed by atoms with Crippen molar-refractivity contribution in [3.63, 3.8) is 0 Å². The van der Waals surface area contributed by atoms with E-state index in [0.717, 1.165) is 11.1 Å². The van der Waals surface area contributed by atoms with Crippen LogP contribution in [-0.2, 0) is 4.79 Å². The molecule has 2 N–H and O–H groups in total. The van der Waals surface area contributed by atoms with Crippen LogP contribution in [0.15, 0.2) is 78.9 Å². The fourth-order valence-electron chi connectivity index (χ4n) is 2.74. The molecule has 0 radical (unpaired) electrons. The molecule has 0 heterocycles. The molecule has 0 saturated heterocycles. The predicted molar refractivity (Wildman–Crippen MR) is 114 cm³/mol. The maximum Gasteiger partial charge on any atom is 0.256 e. The van der Waals surface area contributed by atoms with Crippen LogP contribution >= 0.6 is 0 Å². The van der Waals surface area contributed by atoms with E-state index in [0.29, 0.717) is 16.9 Å². The third-order valence-electron chi connectivity index (χ3n) is 4.32. The van der Waals surface area contributed by atoms with Gasteiger partial charge >= 0.3 is 0 Å². The summed E-state index contributed by atoms with van der Waals surface area (Å²) < 4.78 is 0. The second-order valence-electron chi connectivity index (χ2n) is 7.65. The highest BCUT2D eigenvalue weighted by Crippen LogP contribution is 2.25. The van der Waals surface area contributed by atoms with E-state index in [1.165, 1.54) is 0 Å². The van der Waals surface area contributed by atoms with Gasteiger partial charge in [0.25, 0.3) is 5.91 Å². The quantitative estimate of drug-likeness (QED) is 0.627. The zero-order valence-electron chi connectivity index (χ0n) is 16.3. The molecule has 0 aliphatic heterocycles. The van der Waals surface area contributed by atoms with Crippen LogP contribution in [0.5, 0.6) is 0 Å². The van der Waals surface area contributed by atoms with Gasteiger partial charge in [-0.25, -0.2) is 0 Å². The number of hydrogen-bond acceptors (Lipinski definition) is 2. The Bertz CT molecular complexity index is 989. The van der Waals surface area contributed by atoms with E-state index in [2.05, 4.69) is 10.6 Å². The minimum atomic E-state index is -0.492. The summed E-state index contributed by atoms with van der Waals surface area (Å²) >= 11 is 0. The summed E-state index contributed by atoms with van der Waals surface area (Å²) in [6.07, 6.45) is 0. The van der Waals surface area contributed by atoms with Gasteiger partial charge in [0, 0.05) is 22.4 Å². The van der Waals surface area contributed by atoms with Crippen LogP contribution in [0.3, 0.4) is 0 Å². The molecule has 0 fully saturated rings. The molecule has 0 bridgehead atoms. The normalized spacial score (nSPS) is 11.0. The highest BCUT2D eigenvalue weighted by molar-refractivity contribution is 6.09. The topological polar surface area (TPSA) is 58.2 Å². The van der Waals surface area contributed by atoms with Gasteiger partial charge in [0.15, 0.2) is 0 Å². The van der Waals surface area contributed by atoms with Crippen LogP contribution in [-0.4, -0.2) is 11.8 Å². The number of carbonyl (C=O) groups is 2. The van der Waals surface area contributed by atoms with Gasteiger partial charge in [-0.1, -0.05) is 75.4 Å². The van der Waals surface area contributed by atoms with Gasteiger partial charge in [0.2, 0.25) is 5.91 Å². The summed E-state index contributed by atoms with van der Waals surface area (Å²) in [6.45, 7) is 5.57. The van der Waals surface area contributed by atoms with Gasteiger partial charge in [-0.05, 0) is 35.4 Å². The monoisotopic (exact) mass is 372 g/mol.